The van der Waals surface area contributed by atoms with Crippen molar-refractivity contribution in [3.63, 3.8) is 0 Å². The van der Waals surface area contributed by atoms with Crippen molar-refractivity contribution in [2.45, 2.75) is 6.04 Å². The Hall–Kier alpha value is -2.27. The minimum absolute atomic E-state index is 0.0162. The van der Waals surface area contributed by atoms with Crippen LogP contribution in [0.25, 0.3) is 0 Å². The number of nitrogens with one attached hydrogen (secondary N) is 2. The van der Waals surface area contributed by atoms with Crippen LogP contribution >= 0.6 is 0 Å². The van der Waals surface area contributed by atoms with Gasteiger partial charge in [-0.05, 0) is 17.7 Å². The number of hydrogen-bond acceptors (Lipinski definition) is 3. The lowest BCUT2D eigenvalue weighted by molar-refractivity contribution is 0.217. The van der Waals surface area contributed by atoms with E-state index in [2.05, 4.69) is 22.8 Å². The van der Waals surface area contributed by atoms with Crippen molar-refractivity contribution in [1.82, 2.24) is 15.5 Å². The molecule has 112 valence electrons. The molecular weight excluding hydrogens is 266 g/mol. The van der Waals surface area contributed by atoms with E-state index in [1.165, 1.54) is 4.90 Å². The van der Waals surface area contributed by atoms with E-state index in [9.17, 15) is 4.79 Å². The molecule has 0 spiro atoms. The predicted molar refractivity (Wildman–Crippen MR) is 82.1 cm³/mol. The Morgan fingerprint density at radius 3 is 2.52 bits per heavy atom. The lowest BCUT2D eigenvalue weighted by atomic mass is 10.0. The average Bonchev–Trinajstić information content (AvgIpc) is 3.01. The van der Waals surface area contributed by atoms with Gasteiger partial charge in [-0.25, -0.2) is 4.79 Å². The Morgan fingerprint density at radius 1 is 1.14 bits per heavy atom. The fraction of sp³-hybridized carbons (Fsp3) is 0.312. The quantitative estimate of drug-likeness (QED) is 0.801. The van der Waals surface area contributed by atoms with Gasteiger partial charge in [-0.1, -0.05) is 30.3 Å². The Labute approximate surface area is 124 Å². The van der Waals surface area contributed by atoms with E-state index in [0.717, 1.165) is 11.3 Å². The topological polar surface area (TPSA) is 57.5 Å². The molecule has 5 nitrogen and oxygen atoms in total. The Kier molecular flexibility index (Phi) is 5.40. The number of amides is 2. The van der Waals surface area contributed by atoms with Crippen molar-refractivity contribution >= 4 is 6.03 Å². The minimum atomic E-state index is -0.0916. The monoisotopic (exact) mass is 287 g/mol. The van der Waals surface area contributed by atoms with Crippen LogP contribution in [0.3, 0.4) is 0 Å². The molecular formula is C16H21N3O2. The Morgan fingerprint density at radius 2 is 1.90 bits per heavy atom. The van der Waals surface area contributed by atoms with Crippen LogP contribution in [0.4, 0.5) is 4.79 Å². The summed E-state index contributed by atoms with van der Waals surface area (Å²) in [5.74, 6) is 0.861. The highest BCUT2D eigenvalue weighted by molar-refractivity contribution is 5.73. The van der Waals surface area contributed by atoms with Crippen molar-refractivity contribution in [3.05, 3.63) is 60.1 Å². The summed E-state index contributed by atoms with van der Waals surface area (Å²) in [6, 6.07) is 13.8. The van der Waals surface area contributed by atoms with E-state index in [4.69, 9.17) is 4.42 Å². The van der Waals surface area contributed by atoms with Gasteiger partial charge in [-0.15, -0.1) is 0 Å². The normalized spacial score (nSPS) is 11.9. The molecule has 1 heterocycles. The third-order valence-corrected chi connectivity index (χ3v) is 3.12. The number of furan rings is 1. The molecule has 0 saturated heterocycles. The summed E-state index contributed by atoms with van der Waals surface area (Å²) in [7, 11) is 3.44. The zero-order valence-electron chi connectivity index (χ0n) is 12.4. The molecule has 0 aliphatic rings. The maximum Gasteiger partial charge on any atom is 0.316 e. The van der Waals surface area contributed by atoms with Gasteiger partial charge in [0, 0.05) is 27.2 Å². The number of carbonyl (C=O) groups is 1. The highest BCUT2D eigenvalue weighted by Crippen LogP contribution is 2.21. The number of urea groups is 1. The van der Waals surface area contributed by atoms with Crippen LogP contribution in [0.2, 0.25) is 0 Å². The minimum Gasteiger partial charge on any atom is -0.467 e. The first kappa shape index (κ1) is 15.1. The van der Waals surface area contributed by atoms with Crippen LogP contribution in [0.5, 0.6) is 0 Å². The van der Waals surface area contributed by atoms with Crippen LogP contribution in [-0.4, -0.2) is 38.1 Å². The summed E-state index contributed by atoms with van der Waals surface area (Å²) in [5, 5.41) is 6.23. The van der Waals surface area contributed by atoms with Crippen molar-refractivity contribution < 1.29 is 9.21 Å². The van der Waals surface area contributed by atoms with Gasteiger partial charge >= 0.3 is 6.03 Å². The SMILES string of the molecule is CN(C)C(=O)NCCNC(c1ccccc1)c1ccco1. The van der Waals surface area contributed by atoms with Gasteiger partial charge in [0.05, 0.1) is 12.3 Å². The molecule has 1 unspecified atom stereocenters. The number of nitrogens with zero attached hydrogens (tertiary/aromatic N) is 1. The zero-order valence-corrected chi connectivity index (χ0v) is 12.4. The highest BCUT2D eigenvalue weighted by atomic mass is 16.3. The molecule has 1 aromatic carbocycles. The van der Waals surface area contributed by atoms with Gasteiger partial charge in [0.1, 0.15) is 5.76 Å². The molecule has 2 rings (SSSR count). The summed E-state index contributed by atoms with van der Waals surface area (Å²) in [4.78, 5) is 13.0. The molecule has 1 aromatic heterocycles. The lowest BCUT2D eigenvalue weighted by Gasteiger charge is -2.18. The largest absolute Gasteiger partial charge is 0.467 e. The summed E-state index contributed by atoms with van der Waals surface area (Å²) in [6.07, 6.45) is 1.67. The average molecular weight is 287 g/mol. The summed E-state index contributed by atoms with van der Waals surface area (Å²) >= 11 is 0. The lowest BCUT2D eigenvalue weighted by Crippen LogP contribution is -2.39. The maximum absolute atomic E-state index is 11.5. The van der Waals surface area contributed by atoms with Crippen LogP contribution < -0.4 is 10.6 Å². The van der Waals surface area contributed by atoms with Crippen LogP contribution in [0.15, 0.2) is 53.1 Å². The third-order valence-electron chi connectivity index (χ3n) is 3.12. The molecule has 0 radical (unpaired) electrons. The molecule has 1 atom stereocenters. The second-order valence-corrected chi connectivity index (χ2v) is 4.94. The predicted octanol–water partition coefficient (Wildman–Crippen LogP) is 2.23. The van der Waals surface area contributed by atoms with E-state index in [1.54, 1.807) is 20.4 Å². The number of carbonyl (C=O) groups excluding carboxylic acids is 1. The van der Waals surface area contributed by atoms with E-state index in [1.807, 2.05) is 30.3 Å². The van der Waals surface area contributed by atoms with E-state index >= 15 is 0 Å². The molecule has 0 aliphatic carbocycles. The molecule has 2 amide bonds. The second-order valence-electron chi connectivity index (χ2n) is 4.94. The molecule has 0 saturated carbocycles. The summed E-state index contributed by atoms with van der Waals surface area (Å²) in [6.45, 7) is 1.21. The number of rotatable bonds is 6. The van der Waals surface area contributed by atoms with Crippen molar-refractivity contribution in [2.24, 2.45) is 0 Å². The van der Waals surface area contributed by atoms with Gasteiger partial charge in [-0.2, -0.15) is 0 Å². The van der Waals surface area contributed by atoms with Gasteiger partial charge in [0.15, 0.2) is 0 Å². The first-order valence-corrected chi connectivity index (χ1v) is 6.95. The van der Waals surface area contributed by atoms with E-state index < -0.39 is 0 Å². The molecule has 21 heavy (non-hydrogen) atoms. The summed E-state index contributed by atoms with van der Waals surface area (Å²) < 4.78 is 5.51. The van der Waals surface area contributed by atoms with Gasteiger partial charge in [-0.3, -0.25) is 0 Å². The number of hydrogen-bond donors (Lipinski definition) is 2. The fourth-order valence-corrected chi connectivity index (χ4v) is 2.03. The molecule has 0 bridgehead atoms. The van der Waals surface area contributed by atoms with Crippen LogP contribution in [0.1, 0.15) is 17.4 Å². The first-order chi connectivity index (χ1) is 10.2. The van der Waals surface area contributed by atoms with Crippen molar-refractivity contribution in [1.29, 1.82) is 0 Å². The van der Waals surface area contributed by atoms with E-state index in [0.29, 0.717) is 13.1 Å². The molecule has 2 N–H and O–H groups in total. The second kappa shape index (κ2) is 7.50. The smallest absolute Gasteiger partial charge is 0.316 e. The van der Waals surface area contributed by atoms with Crippen LogP contribution in [-0.2, 0) is 0 Å². The third kappa shape index (κ3) is 4.36. The molecule has 2 aromatic rings. The molecule has 0 aliphatic heterocycles. The summed E-state index contributed by atoms with van der Waals surface area (Å²) in [5.41, 5.74) is 1.13. The molecule has 5 heteroatoms. The zero-order chi connectivity index (χ0) is 15.1. The highest BCUT2D eigenvalue weighted by Gasteiger charge is 2.15. The standard InChI is InChI=1S/C16H21N3O2/c1-19(2)16(20)18-11-10-17-15(14-9-6-12-21-14)13-7-4-3-5-8-13/h3-9,12,15,17H,10-11H2,1-2H3,(H,18,20). The van der Waals surface area contributed by atoms with Gasteiger partial charge in [0.2, 0.25) is 0 Å². The Bertz CT molecular complexity index is 538. The van der Waals surface area contributed by atoms with E-state index in [-0.39, 0.29) is 12.1 Å². The Balaban J connectivity index is 1.94. The van der Waals surface area contributed by atoms with Gasteiger partial charge in [0.25, 0.3) is 0 Å². The fourth-order valence-electron chi connectivity index (χ4n) is 2.03. The van der Waals surface area contributed by atoms with Gasteiger partial charge < -0.3 is 20.0 Å². The number of benzene rings is 1. The first-order valence-electron chi connectivity index (χ1n) is 6.95. The molecule has 0 fully saturated rings. The maximum atomic E-state index is 11.5. The van der Waals surface area contributed by atoms with Crippen LogP contribution in [0, 0.1) is 0 Å². The van der Waals surface area contributed by atoms with Crippen molar-refractivity contribution in [2.75, 3.05) is 27.2 Å². The van der Waals surface area contributed by atoms with Crippen molar-refractivity contribution in [3.8, 4) is 0 Å².